The normalized spacial score (nSPS) is 12.5. The van der Waals surface area contributed by atoms with E-state index in [0.717, 1.165) is 10.0 Å². The first-order valence-electron chi connectivity index (χ1n) is 6.63. The minimum atomic E-state index is -1.02. The molecule has 1 atom stereocenters. The predicted octanol–water partition coefficient (Wildman–Crippen LogP) is 4.76. The summed E-state index contributed by atoms with van der Waals surface area (Å²) in [5.74, 6) is -1.02. The van der Waals surface area contributed by atoms with Crippen LogP contribution in [0, 0.1) is 0 Å². The molecule has 0 fully saturated rings. The third-order valence-electron chi connectivity index (χ3n) is 3.60. The molecule has 0 bridgehead atoms. The minimum Gasteiger partial charge on any atom is -0.478 e. The Hall–Kier alpha value is -1.85. The van der Waals surface area contributed by atoms with E-state index >= 15 is 0 Å². The molecule has 1 heterocycles. The monoisotopic (exact) mass is 378 g/mol. The van der Waals surface area contributed by atoms with Crippen molar-refractivity contribution in [2.45, 2.75) is 13.0 Å². The van der Waals surface area contributed by atoms with Gasteiger partial charge in [-0.2, -0.15) is 5.10 Å². The topological polar surface area (TPSA) is 55.1 Å². The maximum atomic E-state index is 11.5. The Bertz CT molecular complexity index is 858. The van der Waals surface area contributed by atoms with E-state index in [-0.39, 0.29) is 11.6 Å². The van der Waals surface area contributed by atoms with Crippen LogP contribution < -0.4 is 0 Å². The molecule has 112 valence electrons. The molecule has 0 amide bonds. The summed E-state index contributed by atoms with van der Waals surface area (Å²) in [5.41, 5.74) is 1.77. The molecule has 0 saturated carbocycles. The average Bonchev–Trinajstić information content (AvgIpc) is 2.89. The number of aromatic carboxylic acids is 1. The van der Waals surface area contributed by atoms with Crippen molar-refractivity contribution in [2.24, 2.45) is 0 Å². The first kappa shape index (κ1) is 15.1. The number of carboxylic acid groups (broad SMARTS) is 1. The zero-order valence-electron chi connectivity index (χ0n) is 11.6. The lowest BCUT2D eigenvalue weighted by atomic mass is 10.1. The number of halogens is 2. The van der Waals surface area contributed by atoms with Gasteiger partial charge in [-0.3, -0.25) is 4.68 Å². The van der Waals surface area contributed by atoms with E-state index in [4.69, 9.17) is 11.6 Å². The number of carboxylic acids is 1. The quantitative estimate of drug-likeness (QED) is 0.714. The number of fused-ring (bicyclic) bond motifs is 1. The molecule has 3 aromatic rings. The van der Waals surface area contributed by atoms with E-state index < -0.39 is 5.97 Å². The van der Waals surface area contributed by atoms with E-state index in [1.54, 1.807) is 16.9 Å². The number of aromatic nitrogens is 2. The molecule has 22 heavy (non-hydrogen) atoms. The second-order valence-electron chi connectivity index (χ2n) is 5.01. The number of rotatable bonds is 3. The molecule has 1 unspecified atom stereocenters. The Balaban J connectivity index is 2.19. The van der Waals surface area contributed by atoms with E-state index in [0.29, 0.717) is 15.9 Å². The van der Waals surface area contributed by atoms with Crippen molar-refractivity contribution in [3.05, 3.63) is 63.2 Å². The minimum absolute atomic E-state index is 0.0927. The summed E-state index contributed by atoms with van der Waals surface area (Å²) in [7, 11) is 0. The summed E-state index contributed by atoms with van der Waals surface area (Å²) >= 11 is 9.39. The van der Waals surface area contributed by atoms with Gasteiger partial charge in [0, 0.05) is 14.9 Å². The molecule has 6 heteroatoms. The standard InChI is InChI=1S/C16H12BrClN2O2/c1-9(10-2-4-12(17)5-3-10)20-15-11(8-19-20)6-13(18)7-14(15)16(21)22/h2-9H,1H3,(H,21,22). The maximum absolute atomic E-state index is 11.5. The fourth-order valence-corrected chi connectivity index (χ4v) is 2.99. The van der Waals surface area contributed by atoms with Gasteiger partial charge in [-0.1, -0.05) is 39.7 Å². The Morgan fingerprint density at radius 1 is 1.32 bits per heavy atom. The smallest absolute Gasteiger partial charge is 0.337 e. The molecule has 0 aliphatic heterocycles. The van der Waals surface area contributed by atoms with E-state index in [1.807, 2.05) is 31.2 Å². The number of benzene rings is 2. The number of hydrogen-bond donors (Lipinski definition) is 1. The summed E-state index contributed by atoms with van der Waals surface area (Å²) in [6, 6.07) is 11.0. The van der Waals surface area contributed by atoms with Crippen LogP contribution in [0.3, 0.4) is 0 Å². The Morgan fingerprint density at radius 2 is 2.00 bits per heavy atom. The summed E-state index contributed by atoms with van der Waals surface area (Å²) < 4.78 is 2.71. The van der Waals surface area contributed by atoms with Gasteiger partial charge in [-0.05, 0) is 36.8 Å². The van der Waals surface area contributed by atoms with Crippen LogP contribution in [0.1, 0.15) is 28.9 Å². The second-order valence-corrected chi connectivity index (χ2v) is 6.37. The molecule has 1 aromatic heterocycles. The van der Waals surface area contributed by atoms with Crippen molar-refractivity contribution in [3.8, 4) is 0 Å². The molecule has 4 nitrogen and oxygen atoms in total. The van der Waals surface area contributed by atoms with Crippen LogP contribution >= 0.6 is 27.5 Å². The number of carbonyl (C=O) groups is 1. The first-order chi connectivity index (χ1) is 10.5. The summed E-state index contributed by atoms with van der Waals surface area (Å²) in [5, 5.41) is 14.9. The molecule has 0 aliphatic carbocycles. The van der Waals surface area contributed by atoms with Crippen molar-refractivity contribution in [3.63, 3.8) is 0 Å². The largest absolute Gasteiger partial charge is 0.478 e. The van der Waals surface area contributed by atoms with Crippen LogP contribution in [0.2, 0.25) is 5.02 Å². The lowest BCUT2D eigenvalue weighted by Gasteiger charge is -2.15. The highest BCUT2D eigenvalue weighted by Crippen LogP contribution is 2.29. The first-order valence-corrected chi connectivity index (χ1v) is 7.80. The summed E-state index contributed by atoms with van der Waals surface area (Å²) in [4.78, 5) is 11.5. The zero-order chi connectivity index (χ0) is 15.9. The second kappa shape index (κ2) is 5.74. The van der Waals surface area contributed by atoms with Crippen molar-refractivity contribution >= 4 is 44.4 Å². The van der Waals surface area contributed by atoms with E-state index in [9.17, 15) is 9.90 Å². The highest BCUT2D eigenvalue weighted by Gasteiger charge is 2.19. The van der Waals surface area contributed by atoms with Gasteiger partial charge in [-0.15, -0.1) is 0 Å². The lowest BCUT2D eigenvalue weighted by Crippen LogP contribution is -2.11. The van der Waals surface area contributed by atoms with Crippen molar-refractivity contribution < 1.29 is 9.90 Å². The third kappa shape index (κ3) is 2.62. The molecule has 0 saturated heterocycles. The summed E-state index contributed by atoms with van der Waals surface area (Å²) in [6.45, 7) is 1.98. The fourth-order valence-electron chi connectivity index (χ4n) is 2.50. The van der Waals surface area contributed by atoms with Crippen molar-refractivity contribution in [2.75, 3.05) is 0 Å². The molecular formula is C16H12BrClN2O2. The van der Waals surface area contributed by atoms with Crippen LogP contribution in [0.4, 0.5) is 0 Å². The molecule has 1 N–H and O–H groups in total. The lowest BCUT2D eigenvalue weighted by molar-refractivity contribution is 0.0698. The van der Waals surface area contributed by atoms with Crippen LogP contribution in [-0.4, -0.2) is 20.9 Å². The number of hydrogen-bond acceptors (Lipinski definition) is 2. The Kier molecular flexibility index (Phi) is 3.93. The predicted molar refractivity (Wildman–Crippen MR) is 89.7 cm³/mol. The Labute approximate surface area is 140 Å². The average molecular weight is 380 g/mol. The van der Waals surface area contributed by atoms with E-state index in [2.05, 4.69) is 21.0 Å². The zero-order valence-corrected chi connectivity index (χ0v) is 14.0. The molecule has 0 aliphatic rings. The molecular weight excluding hydrogens is 368 g/mol. The van der Waals surface area contributed by atoms with Crippen LogP contribution in [0.5, 0.6) is 0 Å². The van der Waals surface area contributed by atoms with E-state index in [1.165, 1.54) is 6.07 Å². The van der Waals surface area contributed by atoms with Crippen molar-refractivity contribution in [1.29, 1.82) is 0 Å². The van der Waals surface area contributed by atoms with Crippen LogP contribution in [0.15, 0.2) is 47.1 Å². The third-order valence-corrected chi connectivity index (χ3v) is 4.35. The van der Waals surface area contributed by atoms with Crippen LogP contribution in [-0.2, 0) is 0 Å². The molecule has 2 aromatic carbocycles. The molecule has 3 rings (SSSR count). The van der Waals surface area contributed by atoms with Gasteiger partial charge in [0.05, 0.1) is 23.3 Å². The van der Waals surface area contributed by atoms with Gasteiger partial charge in [-0.25, -0.2) is 4.79 Å². The molecule has 0 radical (unpaired) electrons. The highest BCUT2D eigenvalue weighted by molar-refractivity contribution is 9.10. The van der Waals surface area contributed by atoms with Gasteiger partial charge >= 0.3 is 5.97 Å². The molecule has 0 spiro atoms. The van der Waals surface area contributed by atoms with Gasteiger partial charge in [0.1, 0.15) is 0 Å². The highest BCUT2D eigenvalue weighted by atomic mass is 79.9. The maximum Gasteiger partial charge on any atom is 0.337 e. The SMILES string of the molecule is CC(c1ccc(Br)cc1)n1ncc2cc(Cl)cc(C(=O)O)c21. The van der Waals surface area contributed by atoms with Gasteiger partial charge in [0.2, 0.25) is 0 Å². The number of nitrogens with zero attached hydrogens (tertiary/aromatic N) is 2. The van der Waals surface area contributed by atoms with Gasteiger partial charge in [0.15, 0.2) is 0 Å². The van der Waals surface area contributed by atoms with Crippen LogP contribution in [0.25, 0.3) is 10.9 Å². The summed E-state index contributed by atoms with van der Waals surface area (Å²) in [6.07, 6.45) is 1.64. The van der Waals surface area contributed by atoms with Gasteiger partial charge < -0.3 is 5.11 Å². The van der Waals surface area contributed by atoms with Crippen molar-refractivity contribution in [1.82, 2.24) is 9.78 Å². The Morgan fingerprint density at radius 3 is 2.64 bits per heavy atom. The fraction of sp³-hybridized carbons (Fsp3) is 0.125. The van der Waals surface area contributed by atoms with Gasteiger partial charge in [0.25, 0.3) is 0 Å².